The van der Waals surface area contributed by atoms with Gasteiger partial charge in [0, 0.05) is 40.0 Å². The van der Waals surface area contributed by atoms with Gasteiger partial charge in [-0.1, -0.05) is 0 Å². The van der Waals surface area contributed by atoms with E-state index >= 15 is 0 Å². The number of nitrogens with one attached hydrogen (secondary N) is 2. The van der Waals surface area contributed by atoms with E-state index in [4.69, 9.17) is 0 Å². The molecule has 1 aliphatic rings. The van der Waals surface area contributed by atoms with Crippen LogP contribution >= 0.6 is 11.3 Å². The SMILES string of the molecule is O=C(Nc1ccc(-c2nccs2)cc1)c1ccc(NC(=O)C2CC2)cc1. The fraction of sp³-hybridized carbons (Fsp3) is 0.150. The number of hydrogen-bond acceptors (Lipinski definition) is 4. The Balaban J connectivity index is 1.38. The highest BCUT2D eigenvalue weighted by Crippen LogP contribution is 2.30. The summed E-state index contributed by atoms with van der Waals surface area (Å²) in [6.45, 7) is 0. The number of nitrogens with zero attached hydrogens (tertiary/aromatic N) is 1. The maximum absolute atomic E-state index is 12.4. The van der Waals surface area contributed by atoms with Crippen LogP contribution in [0.5, 0.6) is 0 Å². The van der Waals surface area contributed by atoms with Crippen molar-refractivity contribution in [2.45, 2.75) is 12.8 Å². The second-order valence-corrected chi connectivity index (χ2v) is 7.10. The number of anilines is 2. The molecule has 1 aromatic heterocycles. The predicted octanol–water partition coefficient (Wildman–Crippen LogP) is 4.41. The first kappa shape index (κ1) is 16.5. The summed E-state index contributed by atoms with van der Waals surface area (Å²) in [5.41, 5.74) is 3.00. The van der Waals surface area contributed by atoms with Crippen LogP contribution in [0.1, 0.15) is 23.2 Å². The number of carbonyl (C=O) groups excluding carboxylic acids is 2. The molecule has 0 radical (unpaired) electrons. The van der Waals surface area contributed by atoms with Crippen molar-refractivity contribution in [1.82, 2.24) is 4.98 Å². The Morgan fingerprint density at radius 3 is 2.19 bits per heavy atom. The third-order valence-electron chi connectivity index (χ3n) is 4.18. The van der Waals surface area contributed by atoms with Crippen LogP contribution in [0.3, 0.4) is 0 Å². The van der Waals surface area contributed by atoms with Crippen LogP contribution in [0.15, 0.2) is 60.1 Å². The fourth-order valence-corrected chi connectivity index (χ4v) is 3.20. The van der Waals surface area contributed by atoms with E-state index < -0.39 is 0 Å². The topological polar surface area (TPSA) is 71.1 Å². The van der Waals surface area contributed by atoms with Crippen molar-refractivity contribution in [3.8, 4) is 10.6 Å². The second-order valence-electron chi connectivity index (χ2n) is 6.21. The number of amides is 2. The summed E-state index contributed by atoms with van der Waals surface area (Å²) in [5.74, 6) is 0.0277. The molecule has 0 spiro atoms. The van der Waals surface area contributed by atoms with Crippen LogP contribution in [0.4, 0.5) is 11.4 Å². The van der Waals surface area contributed by atoms with E-state index in [0.717, 1.165) is 29.1 Å². The Hall–Kier alpha value is -2.99. The van der Waals surface area contributed by atoms with Crippen molar-refractivity contribution >= 4 is 34.5 Å². The molecule has 2 aromatic carbocycles. The monoisotopic (exact) mass is 363 g/mol. The molecule has 1 fully saturated rings. The molecule has 1 saturated carbocycles. The second kappa shape index (κ2) is 7.09. The number of benzene rings is 2. The van der Waals surface area contributed by atoms with Gasteiger partial charge in [0.2, 0.25) is 5.91 Å². The van der Waals surface area contributed by atoms with Crippen molar-refractivity contribution in [1.29, 1.82) is 0 Å². The fourth-order valence-electron chi connectivity index (χ4n) is 2.56. The third-order valence-corrected chi connectivity index (χ3v) is 5.01. The zero-order valence-electron chi connectivity index (χ0n) is 13.9. The molecule has 2 amide bonds. The molecule has 130 valence electrons. The first-order valence-corrected chi connectivity index (χ1v) is 9.29. The van der Waals surface area contributed by atoms with Gasteiger partial charge in [-0.05, 0) is 61.4 Å². The molecule has 0 bridgehead atoms. The maximum Gasteiger partial charge on any atom is 0.255 e. The highest BCUT2D eigenvalue weighted by Gasteiger charge is 2.29. The first-order valence-electron chi connectivity index (χ1n) is 8.41. The van der Waals surface area contributed by atoms with Gasteiger partial charge in [-0.15, -0.1) is 11.3 Å². The number of aromatic nitrogens is 1. The number of thiazole rings is 1. The lowest BCUT2D eigenvalue weighted by atomic mass is 10.1. The molecule has 0 atom stereocenters. The van der Waals surface area contributed by atoms with Gasteiger partial charge in [0.05, 0.1) is 0 Å². The third kappa shape index (κ3) is 3.81. The van der Waals surface area contributed by atoms with Gasteiger partial charge in [-0.25, -0.2) is 4.98 Å². The van der Waals surface area contributed by atoms with Gasteiger partial charge >= 0.3 is 0 Å². The van der Waals surface area contributed by atoms with Crippen LogP contribution in [-0.2, 0) is 4.79 Å². The van der Waals surface area contributed by atoms with Crippen molar-refractivity contribution in [2.75, 3.05) is 10.6 Å². The van der Waals surface area contributed by atoms with Gasteiger partial charge < -0.3 is 10.6 Å². The van der Waals surface area contributed by atoms with Crippen molar-refractivity contribution in [3.63, 3.8) is 0 Å². The van der Waals surface area contributed by atoms with Crippen LogP contribution < -0.4 is 10.6 Å². The van der Waals surface area contributed by atoms with Gasteiger partial charge in [0.25, 0.3) is 5.91 Å². The van der Waals surface area contributed by atoms with Gasteiger partial charge in [-0.2, -0.15) is 0 Å². The van der Waals surface area contributed by atoms with E-state index in [-0.39, 0.29) is 17.7 Å². The summed E-state index contributed by atoms with van der Waals surface area (Å²) < 4.78 is 0. The lowest BCUT2D eigenvalue weighted by molar-refractivity contribution is -0.117. The highest BCUT2D eigenvalue weighted by molar-refractivity contribution is 7.13. The lowest BCUT2D eigenvalue weighted by Gasteiger charge is -2.08. The molecule has 1 heterocycles. The Morgan fingerprint density at radius 2 is 1.58 bits per heavy atom. The Bertz CT molecular complexity index is 915. The zero-order valence-corrected chi connectivity index (χ0v) is 14.8. The van der Waals surface area contributed by atoms with Crippen LogP contribution in [0, 0.1) is 5.92 Å². The lowest BCUT2D eigenvalue weighted by Crippen LogP contribution is -2.14. The summed E-state index contributed by atoms with van der Waals surface area (Å²) in [6, 6.07) is 14.5. The summed E-state index contributed by atoms with van der Waals surface area (Å²) in [5, 5.41) is 8.62. The minimum absolute atomic E-state index is 0.0579. The molecule has 3 aromatic rings. The maximum atomic E-state index is 12.4. The van der Waals surface area contributed by atoms with Gasteiger partial charge in [0.1, 0.15) is 5.01 Å². The van der Waals surface area contributed by atoms with E-state index in [1.54, 1.807) is 41.8 Å². The molecule has 4 rings (SSSR count). The Morgan fingerprint density at radius 1 is 0.923 bits per heavy atom. The molecule has 1 aliphatic carbocycles. The van der Waals surface area contributed by atoms with E-state index in [1.807, 2.05) is 29.6 Å². The van der Waals surface area contributed by atoms with Crippen LogP contribution in [0.25, 0.3) is 10.6 Å². The smallest absolute Gasteiger partial charge is 0.255 e. The molecule has 6 heteroatoms. The van der Waals surface area contributed by atoms with Gasteiger partial charge in [0.15, 0.2) is 0 Å². The van der Waals surface area contributed by atoms with Crippen molar-refractivity contribution < 1.29 is 9.59 Å². The van der Waals surface area contributed by atoms with Crippen LogP contribution in [-0.4, -0.2) is 16.8 Å². The highest BCUT2D eigenvalue weighted by atomic mass is 32.1. The average molecular weight is 363 g/mol. The van der Waals surface area contributed by atoms with Gasteiger partial charge in [-0.3, -0.25) is 9.59 Å². The minimum Gasteiger partial charge on any atom is -0.326 e. The predicted molar refractivity (Wildman–Crippen MR) is 103 cm³/mol. The van der Waals surface area contributed by atoms with E-state index in [2.05, 4.69) is 15.6 Å². The number of hydrogen-bond donors (Lipinski definition) is 2. The molecule has 2 N–H and O–H groups in total. The molecule has 5 nitrogen and oxygen atoms in total. The van der Waals surface area contributed by atoms with Crippen molar-refractivity contribution in [2.24, 2.45) is 5.92 Å². The normalized spacial score (nSPS) is 13.2. The van der Waals surface area contributed by atoms with E-state index in [1.165, 1.54) is 0 Å². The average Bonchev–Trinajstić information content (AvgIpc) is 3.38. The van der Waals surface area contributed by atoms with E-state index in [0.29, 0.717) is 11.3 Å². The first-order chi connectivity index (χ1) is 12.7. The summed E-state index contributed by atoms with van der Waals surface area (Å²) in [4.78, 5) is 28.4. The van der Waals surface area contributed by atoms with E-state index in [9.17, 15) is 9.59 Å². The summed E-state index contributed by atoms with van der Waals surface area (Å²) in [6.07, 6.45) is 3.70. The number of rotatable bonds is 5. The molecule has 0 unspecified atom stereocenters. The van der Waals surface area contributed by atoms with Crippen LogP contribution in [0.2, 0.25) is 0 Å². The van der Waals surface area contributed by atoms with Crippen molar-refractivity contribution in [3.05, 3.63) is 65.7 Å². The molecule has 0 aliphatic heterocycles. The standard InChI is InChI=1S/C20H17N3O2S/c24-18(13-1-2-13)22-16-7-3-14(4-8-16)19(25)23-17-9-5-15(6-10-17)20-21-11-12-26-20/h3-13H,1-2H2,(H,22,24)(H,23,25). The molecule has 26 heavy (non-hydrogen) atoms. The molecular weight excluding hydrogens is 346 g/mol. The molecular formula is C20H17N3O2S. The quantitative estimate of drug-likeness (QED) is 0.705. The minimum atomic E-state index is -0.188. The zero-order chi connectivity index (χ0) is 17.9. The largest absolute Gasteiger partial charge is 0.326 e. The summed E-state index contributed by atoms with van der Waals surface area (Å²) in [7, 11) is 0. The number of carbonyl (C=O) groups is 2. The Kier molecular flexibility index (Phi) is 4.50. The molecule has 0 saturated heterocycles. The summed E-state index contributed by atoms with van der Waals surface area (Å²) >= 11 is 1.58. The Labute approximate surface area is 155 Å².